The zero-order valence-corrected chi connectivity index (χ0v) is 10.5. The first kappa shape index (κ1) is 11.0. The Kier molecular flexibility index (Phi) is 2.85. The monoisotopic (exact) mass is 232 g/mol. The molecule has 0 fully saturated rings. The quantitative estimate of drug-likeness (QED) is 0.690. The summed E-state index contributed by atoms with van der Waals surface area (Å²) >= 11 is 0. The molecule has 0 aliphatic heterocycles. The molecule has 0 heterocycles. The molecule has 0 N–H and O–H groups in total. The van der Waals surface area contributed by atoms with Gasteiger partial charge >= 0.3 is 0 Å². The summed E-state index contributed by atoms with van der Waals surface area (Å²) in [6, 6.07) is 19.1. The molecule has 0 saturated heterocycles. The number of fused-ring (bicyclic) bond motifs is 1. The van der Waals surface area contributed by atoms with Crippen LogP contribution in [0.15, 0.2) is 66.2 Å². The average molecular weight is 232 g/mol. The summed E-state index contributed by atoms with van der Waals surface area (Å²) in [4.78, 5) is 0. The van der Waals surface area contributed by atoms with Crippen molar-refractivity contribution in [3.8, 4) is 0 Å². The van der Waals surface area contributed by atoms with Crippen molar-refractivity contribution < 1.29 is 0 Å². The van der Waals surface area contributed by atoms with E-state index in [1.807, 2.05) is 6.07 Å². The fourth-order valence-corrected chi connectivity index (χ4v) is 2.53. The molecule has 0 bridgehead atoms. The van der Waals surface area contributed by atoms with E-state index in [1.165, 1.54) is 22.3 Å². The highest BCUT2D eigenvalue weighted by Gasteiger charge is 2.18. The summed E-state index contributed by atoms with van der Waals surface area (Å²) in [6.45, 7) is 2.21. The highest BCUT2D eigenvalue weighted by molar-refractivity contribution is 5.68. The highest BCUT2D eigenvalue weighted by Crippen LogP contribution is 2.36. The van der Waals surface area contributed by atoms with Crippen LogP contribution in [0.3, 0.4) is 0 Å². The average Bonchev–Trinajstić information content (AvgIpc) is 2.73. The molecular weight excluding hydrogens is 216 g/mol. The van der Waals surface area contributed by atoms with E-state index in [-0.39, 0.29) is 0 Å². The molecule has 2 aromatic carbocycles. The number of hydrogen-bond donors (Lipinski definition) is 0. The number of hydrogen-bond acceptors (Lipinski definition) is 0. The number of benzene rings is 2. The molecule has 0 heteroatoms. The maximum atomic E-state index is 2.30. The third-order valence-corrected chi connectivity index (χ3v) is 3.49. The van der Waals surface area contributed by atoms with Gasteiger partial charge in [0.15, 0.2) is 0 Å². The maximum absolute atomic E-state index is 2.30. The summed E-state index contributed by atoms with van der Waals surface area (Å²) in [5, 5.41) is 0. The van der Waals surface area contributed by atoms with Crippen molar-refractivity contribution in [3.63, 3.8) is 0 Å². The molecule has 0 spiro atoms. The lowest BCUT2D eigenvalue weighted by atomic mass is 9.95. The van der Waals surface area contributed by atoms with Crippen LogP contribution in [0.2, 0.25) is 0 Å². The van der Waals surface area contributed by atoms with Crippen molar-refractivity contribution in [2.45, 2.75) is 12.8 Å². The van der Waals surface area contributed by atoms with E-state index in [1.54, 1.807) is 0 Å². The lowest BCUT2D eigenvalue weighted by molar-refractivity contribution is 1.03. The van der Waals surface area contributed by atoms with Crippen LogP contribution in [-0.2, 0) is 0 Å². The van der Waals surface area contributed by atoms with Gasteiger partial charge in [-0.05, 0) is 23.6 Å². The first-order chi connectivity index (χ1) is 8.84. The molecule has 1 unspecified atom stereocenters. The van der Waals surface area contributed by atoms with Crippen molar-refractivity contribution in [2.24, 2.45) is 0 Å². The predicted octanol–water partition coefficient (Wildman–Crippen LogP) is 4.90. The van der Waals surface area contributed by atoms with Gasteiger partial charge in [0.25, 0.3) is 0 Å². The van der Waals surface area contributed by atoms with Gasteiger partial charge in [0, 0.05) is 5.92 Å². The Hall–Kier alpha value is -2.08. The van der Waals surface area contributed by atoms with Gasteiger partial charge < -0.3 is 0 Å². The third kappa shape index (κ3) is 2.02. The zero-order chi connectivity index (χ0) is 12.4. The normalized spacial score (nSPS) is 17.8. The van der Waals surface area contributed by atoms with Crippen molar-refractivity contribution in [2.75, 3.05) is 0 Å². The summed E-state index contributed by atoms with van der Waals surface area (Å²) in [6.07, 6.45) is 6.80. The van der Waals surface area contributed by atoms with Crippen molar-refractivity contribution in [1.82, 2.24) is 0 Å². The lowest BCUT2D eigenvalue weighted by Gasteiger charge is -2.09. The Morgan fingerprint density at radius 2 is 1.61 bits per heavy atom. The molecule has 1 aliphatic rings. The molecule has 1 atom stereocenters. The van der Waals surface area contributed by atoms with Crippen LogP contribution >= 0.6 is 0 Å². The van der Waals surface area contributed by atoms with Gasteiger partial charge in [-0.15, -0.1) is 0 Å². The minimum Gasteiger partial charge on any atom is -0.0724 e. The van der Waals surface area contributed by atoms with Crippen LogP contribution in [0.4, 0.5) is 0 Å². The van der Waals surface area contributed by atoms with E-state index in [0.717, 1.165) is 0 Å². The summed E-state index contributed by atoms with van der Waals surface area (Å²) in [5.41, 5.74) is 5.46. The van der Waals surface area contributed by atoms with Crippen molar-refractivity contribution in [3.05, 3.63) is 82.9 Å². The fraction of sp³-hybridized carbons (Fsp3) is 0.111. The molecule has 1 aliphatic carbocycles. The van der Waals surface area contributed by atoms with Crippen LogP contribution in [0.5, 0.6) is 0 Å². The third-order valence-electron chi connectivity index (χ3n) is 3.49. The molecule has 88 valence electrons. The standard InChI is InChI=1S/C18H16/c1-14-13-16-9-5-6-10-18(16)17(14)12-11-15-7-3-2-4-8-15/h2-13,17H,1H3/b12-11+. The zero-order valence-electron chi connectivity index (χ0n) is 10.5. The van der Waals surface area contributed by atoms with Crippen molar-refractivity contribution in [1.29, 1.82) is 0 Å². The Labute approximate surface area is 108 Å². The van der Waals surface area contributed by atoms with Crippen LogP contribution in [0.1, 0.15) is 29.5 Å². The van der Waals surface area contributed by atoms with Gasteiger partial charge in [-0.2, -0.15) is 0 Å². The second-order valence-electron chi connectivity index (χ2n) is 4.76. The minimum absolute atomic E-state index is 0.432. The SMILES string of the molecule is CC1=Cc2ccccc2C1/C=C/c1ccccc1. The topological polar surface area (TPSA) is 0 Å². The first-order valence-corrected chi connectivity index (χ1v) is 6.35. The first-order valence-electron chi connectivity index (χ1n) is 6.35. The molecule has 0 radical (unpaired) electrons. The van der Waals surface area contributed by atoms with Gasteiger partial charge in [-0.25, -0.2) is 0 Å². The summed E-state index contributed by atoms with van der Waals surface area (Å²) in [5.74, 6) is 0.432. The van der Waals surface area contributed by atoms with Crippen LogP contribution in [0, 0.1) is 0 Å². The Balaban J connectivity index is 1.91. The van der Waals surface area contributed by atoms with E-state index in [4.69, 9.17) is 0 Å². The van der Waals surface area contributed by atoms with Gasteiger partial charge in [-0.1, -0.05) is 78.4 Å². The second kappa shape index (κ2) is 4.66. The van der Waals surface area contributed by atoms with E-state index >= 15 is 0 Å². The van der Waals surface area contributed by atoms with Crippen LogP contribution in [-0.4, -0.2) is 0 Å². The van der Waals surface area contributed by atoms with Crippen molar-refractivity contribution >= 4 is 12.2 Å². The van der Waals surface area contributed by atoms with Gasteiger partial charge in [-0.3, -0.25) is 0 Å². The smallest absolute Gasteiger partial charge is 0.0238 e. The predicted molar refractivity (Wildman–Crippen MR) is 78.3 cm³/mol. The Bertz CT molecular complexity index is 603. The Morgan fingerprint density at radius 1 is 0.889 bits per heavy atom. The summed E-state index contributed by atoms with van der Waals surface area (Å²) < 4.78 is 0. The Morgan fingerprint density at radius 3 is 2.44 bits per heavy atom. The summed E-state index contributed by atoms with van der Waals surface area (Å²) in [7, 11) is 0. The fourth-order valence-electron chi connectivity index (χ4n) is 2.53. The molecule has 18 heavy (non-hydrogen) atoms. The van der Waals surface area contributed by atoms with Crippen LogP contribution in [0.25, 0.3) is 12.2 Å². The number of rotatable bonds is 2. The van der Waals surface area contributed by atoms with E-state index < -0.39 is 0 Å². The lowest BCUT2D eigenvalue weighted by Crippen LogP contribution is -1.92. The molecular formula is C18H16. The van der Waals surface area contributed by atoms with E-state index in [2.05, 4.69) is 73.7 Å². The van der Waals surface area contributed by atoms with Gasteiger partial charge in [0.2, 0.25) is 0 Å². The molecule has 0 aromatic heterocycles. The molecule has 0 nitrogen and oxygen atoms in total. The maximum Gasteiger partial charge on any atom is 0.0238 e. The molecule has 0 saturated carbocycles. The molecule has 2 aromatic rings. The van der Waals surface area contributed by atoms with E-state index in [9.17, 15) is 0 Å². The van der Waals surface area contributed by atoms with Gasteiger partial charge in [0.05, 0.1) is 0 Å². The van der Waals surface area contributed by atoms with Gasteiger partial charge in [0.1, 0.15) is 0 Å². The van der Waals surface area contributed by atoms with Crippen LogP contribution < -0.4 is 0 Å². The second-order valence-corrected chi connectivity index (χ2v) is 4.76. The molecule has 3 rings (SSSR count). The largest absolute Gasteiger partial charge is 0.0724 e. The minimum atomic E-state index is 0.432. The highest BCUT2D eigenvalue weighted by atomic mass is 14.2. The molecule has 0 amide bonds. The number of allylic oxidation sites excluding steroid dienone is 2. The van der Waals surface area contributed by atoms with E-state index in [0.29, 0.717) is 5.92 Å².